The lowest BCUT2D eigenvalue weighted by Gasteiger charge is -2.26. The molecule has 1 aromatic carbocycles. The molecule has 0 aliphatic heterocycles. The summed E-state index contributed by atoms with van der Waals surface area (Å²) in [7, 11) is -1.48. The Balaban J connectivity index is 2.98. The van der Waals surface area contributed by atoms with Crippen molar-refractivity contribution in [1.29, 1.82) is 0 Å². The number of aliphatic hydroxyl groups excluding tert-OH is 1. The highest BCUT2D eigenvalue weighted by Gasteiger charge is 2.32. The van der Waals surface area contributed by atoms with Crippen molar-refractivity contribution in [2.24, 2.45) is 5.14 Å². The molecule has 0 amide bonds. The van der Waals surface area contributed by atoms with Gasteiger partial charge in [0.05, 0.1) is 15.7 Å². The molecular formula is C14H21F2NO2S. The summed E-state index contributed by atoms with van der Waals surface area (Å²) >= 11 is 0. The molecule has 0 fully saturated rings. The lowest BCUT2D eigenvalue weighted by molar-refractivity contribution is -0.0556. The first-order chi connectivity index (χ1) is 9.10. The maximum Gasteiger partial charge on any atom is 0.295 e. The number of aliphatic hydroxyl groups is 1. The van der Waals surface area contributed by atoms with E-state index in [4.69, 9.17) is 10.2 Å². The molecule has 0 heterocycles. The predicted molar refractivity (Wildman–Crippen MR) is 76.9 cm³/mol. The van der Waals surface area contributed by atoms with Crippen molar-refractivity contribution in [3.63, 3.8) is 0 Å². The molecule has 0 radical (unpaired) electrons. The van der Waals surface area contributed by atoms with Gasteiger partial charge in [-0.15, -0.1) is 0 Å². The molecular weight excluding hydrogens is 284 g/mol. The van der Waals surface area contributed by atoms with Gasteiger partial charge in [0.25, 0.3) is 5.92 Å². The van der Waals surface area contributed by atoms with Crippen LogP contribution in [0, 0.1) is 0 Å². The highest BCUT2D eigenvalue weighted by Crippen LogP contribution is 2.32. The Morgan fingerprint density at radius 3 is 2.50 bits per heavy atom. The van der Waals surface area contributed by atoms with Crippen molar-refractivity contribution in [2.75, 3.05) is 6.61 Å². The number of hydrogen-bond acceptors (Lipinski definition) is 2. The van der Waals surface area contributed by atoms with Gasteiger partial charge in [-0.1, -0.05) is 25.1 Å². The van der Waals surface area contributed by atoms with E-state index in [-0.39, 0.29) is 11.5 Å². The molecule has 1 unspecified atom stereocenters. The second kappa shape index (κ2) is 6.28. The van der Waals surface area contributed by atoms with Crippen LogP contribution >= 0.6 is 0 Å². The van der Waals surface area contributed by atoms with E-state index in [1.165, 1.54) is 18.2 Å². The third-order valence-electron chi connectivity index (χ3n) is 3.42. The number of nitrogens with two attached hydrogens (primary N) is 1. The first kappa shape index (κ1) is 17.2. The number of halogens is 2. The normalized spacial score (nSPS) is 15.9. The summed E-state index contributed by atoms with van der Waals surface area (Å²) in [4.78, 5) is 0. The van der Waals surface area contributed by atoms with E-state index in [0.717, 1.165) is 0 Å². The lowest BCUT2D eigenvalue weighted by Crippen LogP contribution is -2.33. The first-order valence-corrected chi connectivity index (χ1v) is 7.57. The van der Waals surface area contributed by atoms with Crippen LogP contribution in [-0.2, 0) is 16.9 Å². The van der Waals surface area contributed by atoms with Gasteiger partial charge in [0.1, 0.15) is 6.61 Å². The molecule has 20 heavy (non-hydrogen) atoms. The second-order valence-electron chi connectivity index (χ2n) is 5.65. The zero-order chi connectivity index (χ0) is 15.6. The molecule has 0 spiro atoms. The third kappa shape index (κ3) is 4.07. The van der Waals surface area contributed by atoms with E-state index in [2.05, 4.69) is 0 Å². The van der Waals surface area contributed by atoms with Gasteiger partial charge in [-0.25, -0.2) is 4.21 Å². The van der Waals surface area contributed by atoms with E-state index >= 15 is 0 Å². The Morgan fingerprint density at radius 1 is 1.40 bits per heavy atom. The summed E-state index contributed by atoms with van der Waals surface area (Å²) in [6.07, 6.45) is 0.518. The summed E-state index contributed by atoms with van der Waals surface area (Å²) in [5.74, 6) is -3.31. The standard InChI is InChI=1S/C14H21F2NO2S/c1-10(8-13(2,3)20(17)19)11-5-4-6-12(7-11)14(15,16)9-18/h4-7,10,18H,8-9,17H2,1-3H3/t10-,20?/m0/s1. The van der Waals surface area contributed by atoms with Crippen LogP contribution in [0.25, 0.3) is 0 Å². The molecule has 1 aromatic rings. The zero-order valence-corrected chi connectivity index (χ0v) is 12.7. The molecule has 1 rings (SSSR count). The number of rotatable bonds is 6. The molecule has 3 nitrogen and oxygen atoms in total. The molecule has 0 saturated heterocycles. The quantitative estimate of drug-likeness (QED) is 0.848. The van der Waals surface area contributed by atoms with Crippen molar-refractivity contribution in [3.05, 3.63) is 35.4 Å². The molecule has 0 aliphatic rings. The predicted octanol–water partition coefficient (Wildman–Crippen LogP) is 2.67. The maximum absolute atomic E-state index is 13.5. The van der Waals surface area contributed by atoms with Gasteiger partial charge >= 0.3 is 0 Å². The highest BCUT2D eigenvalue weighted by atomic mass is 32.2. The minimum absolute atomic E-state index is 0.0630. The fourth-order valence-electron chi connectivity index (χ4n) is 2.10. The van der Waals surface area contributed by atoms with Crippen LogP contribution in [0.4, 0.5) is 8.78 Å². The Labute approximate surface area is 120 Å². The Hall–Kier alpha value is -0.850. The average molecular weight is 305 g/mol. The molecule has 2 atom stereocenters. The minimum atomic E-state index is -3.25. The monoisotopic (exact) mass is 305 g/mol. The van der Waals surface area contributed by atoms with Crippen LogP contribution < -0.4 is 5.14 Å². The number of alkyl halides is 2. The number of benzene rings is 1. The summed E-state index contributed by atoms with van der Waals surface area (Å²) in [6, 6.07) is 5.96. The maximum atomic E-state index is 13.5. The van der Waals surface area contributed by atoms with Gasteiger partial charge < -0.3 is 5.11 Å². The Morgan fingerprint density at radius 2 is 2.00 bits per heavy atom. The molecule has 6 heteroatoms. The molecule has 0 aromatic heterocycles. The first-order valence-electron chi connectivity index (χ1n) is 6.35. The third-order valence-corrected chi connectivity index (χ3v) is 4.67. The topological polar surface area (TPSA) is 63.3 Å². The lowest BCUT2D eigenvalue weighted by atomic mass is 9.90. The number of hydrogen-bond donors (Lipinski definition) is 2. The van der Waals surface area contributed by atoms with E-state index in [0.29, 0.717) is 12.0 Å². The van der Waals surface area contributed by atoms with E-state index < -0.39 is 28.3 Å². The summed E-state index contributed by atoms with van der Waals surface area (Å²) in [6.45, 7) is 4.23. The highest BCUT2D eigenvalue weighted by molar-refractivity contribution is 7.84. The Bertz CT molecular complexity index is 492. The van der Waals surface area contributed by atoms with Crippen LogP contribution in [0.15, 0.2) is 24.3 Å². The SMILES string of the molecule is C[C@@H](CC(C)(C)S(N)=O)c1cccc(C(F)(F)CO)c1. The molecule has 0 aliphatic carbocycles. The van der Waals surface area contributed by atoms with Crippen LogP contribution in [0.5, 0.6) is 0 Å². The fourth-order valence-corrected chi connectivity index (χ4v) is 2.52. The van der Waals surface area contributed by atoms with Crippen molar-refractivity contribution in [3.8, 4) is 0 Å². The van der Waals surface area contributed by atoms with Crippen LogP contribution in [-0.4, -0.2) is 20.7 Å². The minimum Gasteiger partial charge on any atom is -0.390 e. The van der Waals surface area contributed by atoms with Crippen molar-refractivity contribution in [1.82, 2.24) is 0 Å². The van der Waals surface area contributed by atoms with Gasteiger partial charge in [-0.2, -0.15) is 8.78 Å². The second-order valence-corrected chi connectivity index (χ2v) is 7.35. The van der Waals surface area contributed by atoms with Gasteiger partial charge in [0.2, 0.25) is 0 Å². The zero-order valence-electron chi connectivity index (χ0n) is 11.9. The van der Waals surface area contributed by atoms with E-state index in [1.54, 1.807) is 19.9 Å². The average Bonchev–Trinajstić information content (AvgIpc) is 2.38. The van der Waals surface area contributed by atoms with Gasteiger partial charge in [-0.05, 0) is 37.8 Å². The molecule has 0 saturated carbocycles. The van der Waals surface area contributed by atoms with Crippen molar-refractivity contribution < 1.29 is 18.1 Å². The smallest absolute Gasteiger partial charge is 0.295 e. The van der Waals surface area contributed by atoms with Crippen molar-refractivity contribution >= 4 is 11.0 Å². The summed E-state index contributed by atoms with van der Waals surface area (Å²) in [5, 5.41) is 14.2. The van der Waals surface area contributed by atoms with E-state index in [9.17, 15) is 13.0 Å². The van der Waals surface area contributed by atoms with Gasteiger partial charge in [0.15, 0.2) is 0 Å². The summed E-state index contributed by atoms with van der Waals surface area (Å²) < 4.78 is 37.8. The largest absolute Gasteiger partial charge is 0.390 e. The Kier molecular flexibility index (Phi) is 5.40. The van der Waals surface area contributed by atoms with Crippen molar-refractivity contribution in [2.45, 2.75) is 43.8 Å². The van der Waals surface area contributed by atoms with Crippen LogP contribution in [0.1, 0.15) is 44.2 Å². The molecule has 3 N–H and O–H groups in total. The van der Waals surface area contributed by atoms with Gasteiger partial charge in [-0.3, -0.25) is 5.14 Å². The van der Waals surface area contributed by atoms with E-state index in [1.807, 2.05) is 6.92 Å². The molecule has 0 bridgehead atoms. The molecule has 114 valence electrons. The fraction of sp³-hybridized carbons (Fsp3) is 0.571. The van der Waals surface area contributed by atoms with Crippen LogP contribution in [0.3, 0.4) is 0 Å². The summed E-state index contributed by atoms with van der Waals surface area (Å²) in [5.41, 5.74) is 0.505. The van der Waals surface area contributed by atoms with Crippen LogP contribution in [0.2, 0.25) is 0 Å². The van der Waals surface area contributed by atoms with Gasteiger partial charge in [0, 0.05) is 5.56 Å².